The van der Waals surface area contributed by atoms with Crippen LogP contribution in [0.4, 0.5) is 5.69 Å². The normalized spacial score (nSPS) is 18.6. The second kappa shape index (κ2) is 4.23. The Balaban J connectivity index is 2.28. The molecule has 1 aromatic rings. The van der Waals surface area contributed by atoms with Gasteiger partial charge in [0.1, 0.15) is 0 Å². The first-order valence-corrected chi connectivity index (χ1v) is 5.60. The van der Waals surface area contributed by atoms with Gasteiger partial charge in [-0.25, -0.2) is 0 Å². The van der Waals surface area contributed by atoms with Gasteiger partial charge < -0.3 is 10.5 Å². The first-order valence-electron chi connectivity index (χ1n) is 5.60. The van der Waals surface area contributed by atoms with Gasteiger partial charge in [0.25, 0.3) is 0 Å². The van der Waals surface area contributed by atoms with Gasteiger partial charge in [0.05, 0.1) is 17.6 Å². The summed E-state index contributed by atoms with van der Waals surface area (Å²) in [6, 6.07) is 0.375. The minimum Gasteiger partial charge on any atom is -0.396 e. The molecule has 0 bridgehead atoms. The highest BCUT2D eigenvalue weighted by Crippen LogP contribution is 2.32. The molecule has 0 unspecified atom stereocenters. The van der Waals surface area contributed by atoms with Crippen LogP contribution in [0.2, 0.25) is 0 Å². The van der Waals surface area contributed by atoms with Crippen molar-refractivity contribution in [3.8, 4) is 0 Å². The Morgan fingerprint density at radius 2 is 2.13 bits per heavy atom. The molecule has 2 N–H and O–H groups in total. The molecule has 15 heavy (non-hydrogen) atoms. The average Bonchev–Trinajstić information content (AvgIpc) is 2.61. The van der Waals surface area contributed by atoms with Gasteiger partial charge in [0.15, 0.2) is 0 Å². The molecule has 4 nitrogen and oxygen atoms in total. The van der Waals surface area contributed by atoms with Crippen LogP contribution in [0.25, 0.3) is 0 Å². The summed E-state index contributed by atoms with van der Waals surface area (Å²) < 4.78 is 7.41. The summed E-state index contributed by atoms with van der Waals surface area (Å²) >= 11 is 0. The predicted molar refractivity (Wildman–Crippen MR) is 59.8 cm³/mol. The SMILES string of the molecule is CC(C)n1ncc(N)c1C1CCOCC1. The lowest BCUT2D eigenvalue weighted by Gasteiger charge is -2.24. The van der Waals surface area contributed by atoms with Crippen molar-refractivity contribution in [3.63, 3.8) is 0 Å². The highest BCUT2D eigenvalue weighted by Gasteiger charge is 2.23. The Morgan fingerprint density at radius 1 is 1.47 bits per heavy atom. The molecule has 0 saturated carbocycles. The molecule has 0 aromatic carbocycles. The maximum absolute atomic E-state index is 5.99. The fraction of sp³-hybridized carbons (Fsp3) is 0.727. The van der Waals surface area contributed by atoms with Crippen molar-refractivity contribution < 1.29 is 4.74 Å². The minimum atomic E-state index is 0.375. The molecule has 2 heterocycles. The second-order valence-corrected chi connectivity index (χ2v) is 4.41. The number of hydrogen-bond donors (Lipinski definition) is 1. The Bertz CT molecular complexity index is 327. The van der Waals surface area contributed by atoms with E-state index in [0.717, 1.165) is 31.7 Å². The highest BCUT2D eigenvalue weighted by atomic mass is 16.5. The van der Waals surface area contributed by atoms with E-state index in [2.05, 4.69) is 18.9 Å². The lowest BCUT2D eigenvalue weighted by Crippen LogP contribution is -2.19. The van der Waals surface area contributed by atoms with Crippen molar-refractivity contribution in [3.05, 3.63) is 11.9 Å². The van der Waals surface area contributed by atoms with Crippen molar-refractivity contribution in [1.82, 2.24) is 9.78 Å². The van der Waals surface area contributed by atoms with Crippen LogP contribution in [0.3, 0.4) is 0 Å². The van der Waals surface area contributed by atoms with Crippen molar-refractivity contribution in [2.75, 3.05) is 18.9 Å². The Labute approximate surface area is 90.4 Å². The summed E-state index contributed by atoms with van der Waals surface area (Å²) in [4.78, 5) is 0. The quantitative estimate of drug-likeness (QED) is 0.809. The Kier molecular flexibility index (Phi) is 2.95. The minimum absolute atomic E-state index is 0.375. The number of rotatable bonds is 2. The van der Waals surface area contributed by atoms with Crippen LogP contribution in [-0.2, 0) is 4.74 Å². The zero-order chi connectivity index (χ0) is 10.8. The zero-order valence-corrected chi connectivity index (χ0v) is 9.44. The third kappa shape index (κ3) is 2.00. The molecule has 1 aliphatic rings. The molecule has 0 radical (unpaired) electrons. The molecule has 4 heteroatoms. The van der Waals surface area contributed by atoms with E-state index >= 15 is 0 Å². The van der Waals surface area contributed by atoms with Gasteiger partial charge in [0.2, 0.25) is 0 Å². The molecule has 84 valence electrons. The lowest BCUT2D eigenvalue weighted by molar-refractivity contribution is 0.0833. The second-order valence-electron chi connectivity index (χ2n) is 4.41. The maximum Gasteiger partial charge on any atom is 0.0736 e. The number of hydrogen-bond acceptors (Lipinski definition) is 3. The summed E-state index contributed by atoms with van der Waals surface area (Å²) in [5, 5.41) is 4.34. The molecule has 0 spiro atoms. The highest BCUT2D eigenvalue weighted by molar-refractivity contribution is 5.43. The zero-order valence-electron chi connectivity index (χ0n) is 9.44. The van der Waals surface area contributed by atoms with Gasteiger partial charge in [-0.1, -0.05) is 0 Å². The molecule has 1 fully saturated rings. The summed E-state index contributed by atoms with van der Waals surface area (Å²) in [5.41, 5.74) is 8.02. The molecule has 0 atom stereocenters. The summed E-state index contributed by atoms with van der Waals surface area (Å²) in [6.45, 7) is 5.95. The van der Waals surface area contributed by atoms with Crippen LogP contribution < -0.4 is 5.73 Å². The fourth-order valence-corrected chi connectivity index (χ4v) is 2.19. The number of nitrogens with two attached hydrogens (primary N) is 1. The number of nitrogens with zero attached hydrogens (tertiary/aromatic N) is 2. The van der Waals surface area contributed by atoms with Crippen LogP contribution in [0.1, 0.15) is 44.3 Å². The molecule has 1 saturated heterocycles. The summed E-state index contributed by atoms with van der Waals surface area (Å²) in [5.74, 6) is 0.517. The van der Waals surface area contributed by atoms with Gasteiger partial charge in [-0.3, -0.25) is 4.68 Å². The molecule has 0 aliphatic carbocycles. The monoisotopic (exact) mass is 209 g/mol. The smallest absolute Gasteiger partial charge is 0.0736 e. The van der Waals surface area contributed by atoms with Gasteiger partial charge in [-0.05, 0) is 26.7 Å². The van der Waals surface area contributed by atoms with Crippen molar-refractivity contribution >= 4 is 5.69 Å². The molecule has 2 rings (SSSR count). The van der Waals surface area contributed by atoms with E-state index in [1.807, 2.05) is 4.68 Å². The number of anilines is 1. The topological polar surface area (TPSA) is 53.1 Å². The van der Waals surface area contributed by atoms with Gasteiger partial charge in [-0.15, -0.1) is 0 Å². The third-order valence-electron chi connectivity index (χ3n) is 2.96. The van der Waals surface area contributed by atoms with E-state index in [4.69, 9.17) is 10.5 Å². The fourth-order valence-electron chi connectivity index (χ4n) is 2.19. The molecule has 1 aromatic heterocycles. The number of ether oxygens (including phenoxy) is 1. The molecule has 1 aliphatic heterocycles. The van der Waals surface area contributed by atoms with Crippen molar-refractivity contribution in [2.24, 2.45) is 0 Å². The Hall–Kier alpha value is -1.03. The largest absolute Gasteiger partial charge is 0.396 e. The van der Waals surface area contributed by atoms with E-state index in [9.17, 15) is 0 Å². The van der Waals surface area contributed by atoms with E-state index in [1.54, 1.807) is 6.20 Å². The van der Waals surface area contributed by atoms with Crippen LogP contribution in [-0.4, -0.2) is 23.0 Å². The van der Waals surface area contributed by atoms with Gasteiger partial charge in [0, 0.05) is 25.2 Å². The molecule has 0 amide bonds. The van der Waals surface area contributed by atoms with Crippen LogP contribution >= 0.6 is 0 Å². The maximum atomic E-state index is 5.99. The first-order chi connectivity index (χ1) is 7.20. The predicted octanol–water partition coefficient (Wildman–Crippen LogP) is 1.94. The Morgan fingerprint density at radius 3 is 2.73 bits per heavy atom. The summed E-state index contributed by atoms with van der Waals surface area (Å²) in [7, 11) is 0. The molecular weight excluding hydrogens is 190 g/mol. The van der Waals surface area contributed by atoms with Crippen LogP contribution in [0.15, 0.2) is 6.20 Å². The lowest BCUT2D eigenvalue weighted by atomic mass is 9.95. The standard InChI is InChI=1S/C11H19N3O/c1-8(2)14-11(10(12)7-13-14)9-3-5-15-6-4-9/h7-9H,3-6,12H2,1-2H3. The van der Waals surface area contributed by atoms with E-state index in [-0.39, 0.29) is 0 Å². The molecular formula is C11H19N3O. The van der Waals surface area contributed by atoms with E-state index in [1.165, 1.54) is 5.69 Å². The van der Waals surface area contributed by atoms with Crippen molar-refractivity contribution in [1.29, 1.82) is 0 Å². The van der Waals surface area contributed by atoms with E-state index in [0.29, 0.717) is 12.0 Å². The summed E-state index contributed by atoms with van der Waals surface area (Å²) in [6.07, 6.45) is 3.88. The first kappa shape index (κ1) is 10.5. The number of nitrogen functional groups attached to an aromatic ring is 1. The van der Waals surface area contributed by atoms with Crippen LogP contribution in [0, 0.1) is 0 Å². The van der Waals surface area contributed by atoms with Crippen LogP contribution in [0.5, 0.6) is 0 Å². The average molecular weight is 209 g/mol. The van der Waals surface area contributed by atoms with Crippen molar-refractivity contribution in [2.45, 2.75) is 38.6 Å². The van der Waals surface area contributed by atoms with Gasteiger partial charge >= 0.3 is 0 Å². The van der Waals surface area contributed by atoms with E-state index < -0.39 is 0 Å². The third-order valence-corrected chi connectivity index (χ3v) is 2.96. The van der Waals surface area contributed by atoms with Gasteiger partial charge in [-0.2, -0.15) is 5.10 Å². The number of aromatic nitrogens is 2.